The summed E-state index contributed by atoms with van der Waals surface area (Å²) >= 11 is 0. The maximum absolute atomic E-state index is 6.19. The van der Waals surface area contributed by atoms with Crippen molar-refractivity contribution in [3.05, 3.63) is 43.0 Å². The molecule has 3 aliphatic rings. The molecule has 3 aliphatic carbocycles. The monoisotopic (exact) mass is 299 g/mol. The largest absolute Gasteiger partial charge is 0.374 e. The van der Waals surface area contributed by atoms with Gasteiger partial charge >= 0.3 is 0 Å². The van der Waals surface area contributed by atoms with E-state index in [1.165, 1.54) is 25.7 Å². The fraction of sp³-hybridized carbons (Fsp3) is 0.632. The summed E-state index contributed by atoms with van der Waals surface area (Å²) in [5.74, 6) is 3.11. The van der Waals surface area contributed by atoms with E-state index in [0.29, 0.717) is 6.10 Å². The molecule has 1 fully saturated rings. The lowest BCUT2D eigenvalue weighted by molar-refractivity contribution is -0.671. The predicted octanol–water partition coefficient (Wildman–Crippen LogP) is 2.88. The number of ether oxygens (including phenoxy) is 1. The molecule has 1 heterocycles. The first-order valence-electron chi connectivity index (χ1n) is 8.80. The average Bonchev–Trinajstić information content (AvgIpc) is 3.25. The molecule has 5 atom stereocenters. The molecule has 2 unspecified atom stereocenters. The fourth-order valence-corrected chi connectivity index (χ4v) is 4.59. The van der Waals surface area contributed by atoms with Crippen molar-refractivity contribution in [1.29, 1.82) is 0 Å². The highest BCUT2D eigenvalue weighted by Gasteiger charge is 2.49. The number of fused-ring (bicyclic) bond motifs is 5. The molecule has 118 valence electrons. The normalized spacial score (nSPS) is 34.7. The van der Waals surface area contributed by atoms with Crippen molar-refractivity contribution in [3.63, 3.8) is 0 Å². The molecule has 2 bridgehead atoms. The second-order valence-electron chi connectivity index (χ2n) is 7.20. The molecule has 1 aromatic heterocycles. The summed E-state index contributed by atoms with van der Waals surface area (Å²) in [5.41, 5.74) is 0. The smallest absolute Gasteiger partial charge is 0.243 e. The van der Waals surface area contributed by atoms with E-state index in [-0.39, 0.29) is 0 Å². The van der Waals surface area contributed by atoms with Crippen LogP contribution in [-0.2, 0) is 18.3 Å². The first-order chi connectivity index (χ1) is 10.8. The summed E-state index contributed by atoms with van der Waals surface area (Å²) in [7, 11) is 2.07. The fourth-order valence-electron chi connectivity index (χ4n) is 4.59. The molecule has 22 heavy (non-hydrogen) atoms. The molecule has 0 aromatic carbocycles. The van der Waals surface area contributed by atoms with Crippen LogP contribution in [0.25, 0.3) is 0 Å². The van der Waals surface area contributed by atoms with E-state index in [1.807, 2.05) is 0 Å². The van der Waals surface area contributed by atoms with Gasteiger partial charge in [0.2, 0.25) is 6.33 Å². The first-order valence-corrected chi connectivity index (χ1v) is 8.80. The Labute approximate surface area is 133 Å². The quantitative estimate of drug-likeness (QED) is 0.430. The first kappa shape index (κ1) is 14.3. The molecule has 1 aromatic rings. The predicted molar refractivity (Wildman–Crippen MR) is 86.1 cm³/mol. The number of rotatable bonds is 7. The second kappa shape index (κ2) is 6.04. The third-order valence-electron chi connectivity index (χ3n) is 5.68. The van der Waals surface area contributed by atoms with Gasteiger partial charge < -0.3 is 4.74 Å². The summed E-state index contributed by atoms with van der Waals surface area (Å²) in [5, 5.41) is 0. The van der Waals surface area contributed by atoms with Crippen LogP contribution >= 0.6 is 0 Å². The molecule has 3 nitrogen and oxygen atoms in total. The lowest BCUT2D eigenvalue weighted by Gasteiger charge is -2.26. The molecule has 1 saturated carbocycles. The maximum atomic E-state index is 6.19. The van der Waals surface area contributed by atoms with Crippen molar-refractivity contribution in [2.24, 2.45) is 30.7 Å². The van der Waals surface area contributed by atoms with Crippen molar-refractivity contribution in [2.45, 2.75) is 38.3 Å². The molecule has 0 aliphatic heterocycles. The Morgan fingerprint density at radius 2 is 2.00 bits per heavy atom. The van der Waals surface area contributed by atoms with E-state index in [1.54, 1.807) is 0 Å². The zero-order chi connectivity index (χ0) is 14.9. The Bertz CT molecular complexity index is 574. The zero-order valence-electron chi connectivity index (χ0n) is 13.5. The third kappa shape index (κ3) is 2.67. The molecule has 0 amide bonds. The average molecular weight is 299 g/mol. The Hall–Kier alpha value is -1.35. The molecular weight excluding hydrogens is 272 g/mol. The van der Waals surface area contributed by atoms with E-state index in [9.17, 15) is 0 Å². The highest BCUT2D eigenvalue weighted by Crippen LogP contribution is 2.53. The number of unbranched alkanes of at least 4 members (excludes halogenated alkanes) is 2. The third-order valence-corrected chi connectivity index (χ3v) is 5.68. The van der Waals surface area contributed by atoms with Crippen LogP contribution in [0.5, 0.6) is 0 Å². The van der Waals surface area contributed by atoms with Crippen LogP contribution in [0.1, 0.15) is 25.7 Å². The second-order valence-corrected chi connectivity index (χ2v) is 7.20. The zero-order valence-corrected chi connectivity index (χ0v) is 13.5. The maximum Gasteiger partial charge on any atom is 0.243 e. The number of hydrogen-bond donors (Lipinski definition) is 0. The minimum Gasteiger partial charge on any atom is -0.374 e. The number of allylic oxidation sites excluding steroid dienone is 3. The van der Waals surface area contributed by atoms with Crippen LogP contribution in [0.4, 0.5) is 0 Å². The lowest BCUT2D eigenvalue weighted by Crippen LogP contribution is -2.27. The Morgan fingerprint density at radius 1 is 1.09 bits per heavy atom. The molecule has 4 rings (SSSR count). The molecule has 0 N–H and O–H groups in total. The van der Waals surface area contributed by atoms with Crippen LogP contribution in [0.2, 0.25) is 0 Å². The summed E-state index contributed by atoms with van der Waals surface area (Å²) < 4.78 is 10.5. The SMILES string of the molecule is C[n+]1ccn(CCCCCO[C@@H]2C=C[C@H]3C4C=CC(C4)[C@@H]23)c1. The molecule has 0 spiro atoms. The summed E-state index contributed by atoms with van der Waals surface area (Å²) in [6.45, 7) is 2.03. The van der Waals surface area contributed by atoms with Gasteiger partial charge in [-0.3, -0.25) is 0 Å². The van der Waals surface area contributed by atoms with Gasteiger partial charge in [0.1, 0.15) is 12.4 Å². The number of hydrogen-bond acceptors (Lipinski definition) is 1. The molecule has 3 heteroatoms. The van der Waals surface area contributed by atoms with E-state index >= 15 is 0 Å². The Morgan fingerprint density at radius 3 is 2.86 bits per heavy atom. The van der Waals surface area contributed by atoms with Gasteiger partial charge in [-0.05, 0) is 43.4 Å². The van der Waals surface area contributed by atoms with Gasteiger partial charge in [0.15, 0.2) is 0 Å². The van der Waals surface area contributed by atoms with Gasteiger partial charge in [-0.1, -0.05) is 24.3 Å². The summed E-state index contributed by atoms with van der Waals surface area (Å²) in [4.78, 5) is 0. The Kier molecular flexibility index (Phi) is 3.91. The highest BCUT2D eigenvalue weighted by molar-refractivity contribution is 5.25. The van der Waals surface area contributed by atoms with Gasteiger partial charge in [-0.15, -0.1) is 0 Å². The highest BCUT2D eigenvalue weighted by atomic mass is 16.5. The van der Waals surface area contributed by atoms with Gasteiger partial charge in [0.25, 0.3) is 0 Å². The van der Waals surface area contributed by atoms with Crippen molar-refractivity contribution < 1.29 is 9.30 Å². The van der Waals surface area contributed by atoms with Crippen molar-refractivity contribution in [1.82, 2.24) is 4.57 Å². The van der Waals surface area contributed by atoms with E-state index in [2.05, 4.69) is 59.2 Å². The number of imidazole rings is 1. The standard InChI is InChI=1S/C19H27N2O/c1-20-10-11-21(14-20)9-3-2-4-12-22-18-8-7-17-15-5-6-16(13-15)19(17)18/h5-8,10-11,14-19H,2-4,9,12-13H2,1H3/q+1/t15?,16?,17-,18+,19+/m0/s1. The van der Waals surface area contributed by atoms with Gasteiger partial charge in [-0.2, -0.15) is 0 Å². The topological polar surface area (TPSA) is 18.0 Å². The van der Waals surface area contributed by atoms with Gasteiger partial charge in [-0.25, -0.2) is 9.13 Å². The number of aryl methyl sites for hydroxylation is 2. The van der Waals surface area contributed by atoms with Crippen LogP contribution < -0.4 is 4.57 Å². The van der Waals surface area contributed by atoms with Crippen LogP contribution in [-0.4, -0.2) is 17.3 Å². The molecular formula is C19H27N2O+. The van der Waals surface area contributed by atoms with Crippen molar-refractivity contribution in [2.75, 3.05) is 6.61 Å². The number of nitrogens with zero attached hydrogens (tertiary/aromatic N) is 2. The lowest BCUT2D eigenvalue weighted by atomic mass is 9.84. The van der Waals surface area contributed by atoms with Crippen LogP contribution in [0, 0.1) is 23.7 Å². The van der Waals surface area contributed by atoms with Gasteiger partial charge in [0.05, 0.1) is 19.7 Å². The van der Waals surface area contributed by atoms with Crippen molar-refractivity contribution >= 4 is 0 Å². The number of aromatic nitrogens is 2. The van der Waals surface area contributed by atoms with Crippen LogP contribution in [0.15, 0.2) is 43.0 Å². The minimum absolute atomic E-state index is 0.383. The van der Waals surface area contributed by atoms with E-state index in [0.717, 1.165) is 36.8 Å². The minimum atomic E-state index is 0.383. The Balaban J connectivity index is 1.14. The van der Waals surface area contributed by atoms with E-state index < -0.39 is 0 Å². The van der Waals surface area contributed by atoms with Crippen LogP contribution in [0.3, 0.4) is 0 Å². The summed E-state index contributed by atoms with van der Waals surface area (Å²) in [6, 6.07) is 0. The van der Waals surface area contributed by atoms with Gasteiger partial charge in [0, 0.05) is 12.5 Å². The molecule has 0 radical (unpaired) electrons. The van der Waals surface area contributed by atoms with Crippen molar-refractivity contribution in [3.8, 4) is 0 Å². The molecule has 0 saturated heterocycles. The van der Waals surface area contributed by atoms with E-state index in [4.69, 9.17) is 4.74 Å². The summed E-state index contributed by atoms with van der Waals surface area (Å²) in [6.07, 6.45) is 21.4.